The van der Waals surface area contributed by atoms with E-state index in [1.807, 2.05) is 36.4 Å². The molecule has 0 saturated carbocycles. The van der Waals surface area contributed by atoms with Crippen molar-refractivity contribution in [2.75, 3.05) is 0 Å². The van der Waals surface area contributed by atoms with Gasteiger partial charge in [0.2, 0.25) is 0 Å². The molecule has 0 aromatic heterocycles. The number of fused-ring (bicyclic) bond motifs is 1. The van der Waals surface area contributed by atoms with Gasteiger partial charge in [-0.2, -0.15) is 0 Å². The van der Waals surface area contributed by atoms with Crippen LogP contribution in [0.25, 0.3) is 21.9 Å². The van der Waals surface area contributed by atoms with Crippen molar-refractivity contribution >= 4 is 16.7 Å². The zero-order valence-electron chi connectivity index (χ0n) is 12.4. The first-order valence-corrected chi connectivity index (χ1v) is 7.24. The van der Waals surface area contributed by atoms with E-state index in [2.05, 4.69) is 0 Å². The molecular formula is C19H16O4. The largest absolute Gasteiger partial charge is 0.478 e. The van der Waals surface area contributed by atoms with Gasteiger partial charge in [0.15, 0.2) is 0 Å². The molecule has 3 N–H and O–H groups in total. The standard InChI is InChI=1S/C19H16O4/c20-10-12-6-7-15-14(8-12)9-16(19(22)23)17(11-21)18(15)13-4-2-1-3-5-13/h1-9,20-21H,10-11H2,(H,22,23). The Balaban J connectivity index is 2.44. The summed E-state index contributed by atoms with van der Waals surface area (Å²) in [4.78, 5) is 11.6. The van der Waals surface area contributed by atoms with Crippen LogP contribution in [0.4, 0.5) is 0 Å². The monoisotopic (exact) mass is 308 g/mol. The van der Waals surface area contributed by atoms with Crippen molar-refractivity contribution in [2.45, 2.75) is 13.2 Å². The van der Waals surface area contributed by atoms with Crippen LogP contribution < -0.4 is 0 Å². The van der Waals surface area contributed by atoms with E-state index in [1.54, 1.807) is 18.2 Å². The predicted molar refractivity (Wildman–Crippen MR) is 88.2 cm³/mol. The number of rotatable bonds is 4. The van der Waals surface area contributed by atoms with Gasteiger partial charge in [0.05, 0.1) is 18.8 Å². The zero-order valence-corrected chi connectivity index (χ0v) is 12.4. The minimum atomic E-state index is -1.08. The van der Waals surface area contributed by atoms with Gasteiger partial charge in [-0.25, -0.2) is 4.79 Å². The van der Waals surface area contributed by atoms with E-state index >= 15 is 0 Å². The van der Waals surface area contributed by atoms with Gasteiger partial charge in [0, 0.05) is 5.56 Å². The summed E-state index contributed by atoms with van der Waals surface area (Å²) in [6, 6.07) is 16.4. The third-order valence-corrected chi connectivity index (χ3v) is 3.95. The molecule has 0 bridgehead atoms. The Bertz CT molecular complexity index is 869. The molecule has 3 aromatic carbocycles. The molecule has 0 unspecified atom stereocenters. The number of hydrogen-bond donors (Lipinski definition) is 3. The van der Waals surface area contributed by atoms with Gasteiger partial charge in [-0.05, 0) is 39.6 Å². The number of hydrogen-bond acceptors (Lipinski definition) is 3. The van der Waals surface area contributed by atoms with Gasteiger partial charge in [0.1, 0.15) is 0 Å². The molecule has 0 aliphatic carbocycles. The summed E-state index contributed by atoms with van der Waals surface area (Å²) in [6.07, 6.45) is 0. The topological polar surface area (TPSA) is 77.8 Å². The summed E-state index contributed by atoms with van der Waals surface area (Å²) in [6.45, 7) is -0.468. The van der Waals surface area contributed by atoms with Crippen molar-refractivity contribution in [2.24, 2.45) is 0 Å². The summed E-state index contributed by atoms with van der Waals surface area (Å²) in [7, 11) is 0. The molecule has 0 fully saturated rings. The van der Waals surface area contributed by atoms with Crippen LogP contribution in [0.2, 0.25) is 0 Å². The van der Waals surface area contributed by atoms with Crippen molar-refractivity contribution < 1.29 is 20.1 Å². The van der Waals surface area contributed by atoms with Crippen LogP contribution in [-0.2, 0) is 13.2 Å². The van der Waals surface area contributed by atoms with Crippen LogP contribution in [-0.4, -0.2) is 21.3 Å². The number of aliphatic hydroxyl groups is 2. The molecule has 4 heteroatoms. The van der Waals surface area contributed by atoms with Crippen molar-refractivity contribution in [3.05, 3.63) is 71.3 Å². The van der Waals surface area contributed by atoms with Gasteiger partial charge in [-0.15, -0.1) is 0 Å². The molecule has 0 aliphatic rings. The highest BCUT2D eigenvalue weighted by atomic mass is 16.4. The first-order chi connectivity index (χ1) is 11.2. The molecule has 0 heterocycles. The smallest absolute Gasteiger partial charge is 0.336 e. The quantitative estimate of drug-likeness (QED) is 0.691. The average Bonchev–Trinajstić information content (AvgIpc) is 2.60. The Kier molecular flexibility index (Phi) is 4.10. The second kappa shape index (κ2) is 6.20. The fourth-order valence-corrected chi connectivity index (χ4v) is 2.89. The molecule has 0 spiro atoms. The molecule has 23 heavy (non-hydrogen) atoms. The second-order valence-corrected chi connectivity index (χ2v) is 5.32. The molecule has 0 saturated heterocycles. The van der Waals surface area contributed by atoms with Crippen LogP contribution in [0.15, 0.2) is 54.6 Å². The second-order valence-electron chi connectivity index (χ2n) is 5.32. The fourth-order valence-electron chi connectivity index (χ4n) is 2.89. The summed E-state index contributed by atoms with van der Waals surface area (Å²) in [5.41, 5.74) is 2.75. The Labute approximate surface area is 133 Å². The SMILES string of the molecule is O=C(O)c1cc2cc(CO)ccc2c(-c2ccccc2)c1CO. The van der Waals surface area contributed by atoms with Gasteiger partial charge in [-0.3, -0.25) is 0 Å². The fraction of sp³-hybridized carbons (Fsp3) is 0.105. The molecule has 3 aromatic rings. The number of aromatic carboxylic acids is 1. The maximum atomic E-state index is 11.6. The Morgan fingerprint density at radius 3 is 2.26 bits per heavy atom. The van der Waals surface area contributed by atoms with Crippen molar-refractivity contribution in [3.8, 4) is 11.1 Å². The van der Waals surface area contributed by atoms with Crippen molar-refractivity contribution in [1.82, 2.24) is 0 Å². The van der Waals surface area contributed by atoms with E-state index in [1.165, 1.54) is 0 Å². The molecule has 0 atom stereocenters. The predicted octanol–water partition coefficient (Wildman–Crippen LogP) is 3.19. The Morgan fingerprint density at radius 1 is 0.913 bits per heavy atom. The third kappa shape index (κ3) is 2.70. The van der Waals surface area contributed by atoms with Gasteiger partial charge in [-0.1, -0.05) is 42.5 Å². The van der Waals surface area contributed by atoms with Gasteiger partial charge >= 0.3 is 5.97 Å². The highest BCUT2D eigenvalue weighted by molar-refractivity contribution is 6.05. The van der Waals surface area contributed by atoms with E-state index in [4.69, 9.17) is 0 Å². The molecule has 4 nitrogen and oxygen atoms in total. The van der Waals surface area contributed by atoms with Crippen LogP contribution in [0.3, 0.4) is 0 Å². The lowest BCUT2D eigenvalue weighted by Gasteiger charge is -2.15. The zero-order chi connectivity index (χ0) is 16.4. The van der Waals surface area contributed by atoms with Crippen LogP contribution >= 0.6 is 0 Å². The molecule has 3 rings (SSSR count). The van der Waals surface area contributed by atoms with E-state index < -0.39 is 5.97 Å². The molecule has 0 radical (unpaired) electrons. The Morgan fingerprint density at radius 2 is 1.65 bits per heavy atom. The number of carboxylic acid groups (broad SMARTS) is 1. The van der Waals surface area contributed by atoms with Gasteiger partial charge < -0.3 is 15.3 Å². The Hall–Kier alpha value is -2.69. The molecule has 116 valence electrons. The number of carboxylic acids is 1. The first-order valence-electron chi connectivity index (χ1n) is 7.24. The van der Waals surface area contributed by atoms with Crippen LogP contribution in [0, 0.1) is 0 Å². The summed E-state index contributed by atoms with van der Waals surface area (Å²) < 4.78 is 0. The summed E-state index contributed by atoms with van der Waals surface area (Å²) >= 11 is 0. The lowest BCUT2D eigenvalue weighted by atomic mass is 9.89. The lowest BCUT2D eigenvalue weighted by Crippen LogP contribution is -2.05. The number of benzene rings is 3. The van der Waals surface area contributed by atoms with E-state index in [0.717, 1.165) is 16.3 Å². The first kappa shape index (κ1) is 15.2. The van der Waals surface area contributed by atoms with E-state index in [9.17, 15) is 20.1 Å². The van der Waals surface area contributed by atoms with Crippen molar-refractivity contribution in [3.63, 3.8) is 0 Å². The minimum Gasteiger partial charge on any atom is -0.478 e. The molecule has 0 aliphatic heterocycles. The average molecular weight is 308 g/mol. The molecular weight excluding hydrogens is 292 g/mol. The molecule has 0 amide bonds. The number of aliphatic hydroxyl groups excluding tert-OH is 2. The van der Waals surface area contributed by atoms with E-state index in [0.29, 0.717) is 16.7 Å². The summed E-state index contributed by atoms with van der Waals surface area (Å²) in [5.74, 6) is -1.08. The van der Waals surface area contributed by atoms with Crippen LogP contribution in [0.5, 0.6) is 0 Å². The van der Waals surface area contributed by atoms with E-state index in [-0.39, 0.29) is 18.8 Å². The highest BCUT2D eigenvalue weighted by Crippen LogP contribution is 2.35. The maximum absolute atomic E-state index is 11.6. The van der Waals surface area contributed by atoms with Crippen LogP contribution in [0.1, 0.15) is 21.5 Å². The number of carbonyl (C=O) groups is 1. The maximum Gasteiger partial charge on any atom is 0.336 e. The minimum absolute atomic E-state index is 0.0777. The summed E-state index contributed by atoms with van der Waals surface area (Å²) in [5, 5.41) is 30.1. The third-order valence-electron chi connectivity index (χ3n) is 3.95. The van der Waals surface area contributed by atoms with Crippen molar-refractivity contribution in [1.29, 1.82) is 0 Å². The normalized spacial score (nSPS) is 10.9. The van der Waals surface area contributed by atoms with Gasteiger partial charge in [0.25, 0.3) is 0 Å². The highest BCUT2D eigenvalue weighted by Gasteiger charge is 2.18. The lowest BCUT2D eigenvalue weighted by molar-refractivity contribution is 0.0693.